The molecule has 1 aliphatic rings. The third-order valence-electron chi connectivity index (χ3n) is 7.43. The number of nitrogens with zero attached hydrogens (tertiary/aromatic N) is 3. The molecule has 0 bridgehead atoms. The molecule has 1 aromatic heterocycles. The number of hydrogen-bond donors (Lipinski definition) is 3. The van der Waals surface area contributed by atoms with Crippen molar-refractivity contribution in [2.24, 2.45) is 4.99 Å². The van der Waals surface area contributed by atoms with Gasteiger partial charge in [0.25, 0.3) is 5.91 Å². The van der Waals surface area contributed by atoms with Gasteiger partial charge in [-0.05, 0) is 114 Å². The van der Waals surface area contributed by atoms with Gasteiger partial charge in [-0.1, -0.05) is 37.8 Å². The lowest BCUT2D eigenvalue weighted by atomic mass is 10.0. The highest BCUT2D eigenvalue weighted by atomic mass is 16.1. The van der Waals surface area contributed by atoms with Crippen molar-refractivity contribution >= 4 is 23.2 Å². The van der Waals surface area contributed by atoms with Crippen LogP contribution in [0.2, 0.25) is 0 Å². The van der Waals surface area contributed by atoms with Crippen molar-refractivity contribution in [1.29, 1.82) is 0 Å². The second-order valence-corrected chi connectivity index (χ2v) is 11.7. The van der Waals surface area contributed by atoms with Crippen LogP contribution in [0.4, 0.5) is 11.5 Å². The zero-order chi connectivity index (χ0) is 29.6. The summed E-state index contributed by atoms with van der Waals surface area (Å²) in [5.74, 6) is 1.44. The molecule has 7 nitrogen and oxygen atoms in total. The van der Waals surface area contributed by atoms with Gasteiger partial charge in [-0.2, -0.15) is 5.10 Å². The maximum atomic E-state index is 13.0. The maximum Gasteiger partial charge on any atom is 0.255 e. The van der Waals surface area contributed by atoms with E-state index in [1.54, 1.807) is 12.3 Å². The summed E-state index contributed by atoms with van der Waals surface area (Å²) in [6.45, 7) is 17.4. The topological polar surface area (TPSA) is 83.3 Å². The van der Waals surface area contributed by atoms with Gasteiger partial charge in [-0.25, -0.2) is 9.67 Å². The molecule has 41 heavy (non-hydrogen) atoms. The number of allylic oxidation sites excluding steroid dienone is 1. The number of amides is 1. The molecule has 1 amide bonds. The Morgan fingerprint density at radius 1 is 1.10 bits per heavy atom. The van der Waals surface area contributed by atoms with Crippen LogP contribution in [0.3, 0.4) is 0 Å². The lowest BCUT2D eigenvalue weighted by molar-refractivity contribution is 0.102. The van der Waals surface area contributed by atoms with Gasteiger partial charge in [0.2, 0.25) is 0 Å². The minimum atomic E-state index is -0.211. The Bertz CT molecular complexity index is 1430. The number of rotatable bonds is 11. The number of anilines is 2. The zero-order valence-electron chi connectivity index (χ0n) is 25.3. The minimum absolute atomic E-state index is 0.100. The molecule has 0 atom stereocenters. The minimum Gasteiger partial charge on any atom is -0.325 e. The Hall–Kier alpha value is -3.97. The van der Waals surface area contributed by atoms with Crippen molar-refractivity contribution in [3.8, 4) is 0 Å². The highest BCUT2D eigenvalue weighted by Gasteiger charge is 2.43. The summed E-state index contributed by atoms with van der Waals surface area (Å²) in [5, 5.41) is 15.0. The molecule has 0 unspecified atom stereocenters. The van der Waals surface area contributed by atoms with Crippen LogP contribution in [0, 0.1) is 6.92 Å². The van der Waals surface area contributed by atoms with Crippen molar-refractivity contribution in [2.45, 2.75) is 78.3 Å². The van der Waals surface area contributed by atoms with E-state index in [4.69, 9.17) is 5.10 Å². The van der Waals surface area contributed by atoms with Crippen LogP contribution in [0.5, 0.6) is 0 Å². The van der Waals surface area contributed by atoms with Crippen molar-refractivity contribution < 1.29 is 4.79 Å². The fraction of sp³-hybridized carbons (Fsp3) is 0.382. The Morgan fingerprint density at radius 2 is 1.83 bits per heavy atom. The van der Waals surface area contributed by atoms with Crippen molar-refractivity contribution in [3.63, 3.8) is 0 Å². The van der Waals surface area contributed by atoms with Crippen LogP contribution in [0.25, 0.3) is 0 Å². The number of aryl methyl sites for hydroxylation is 3. The molecule has 1 fully saturated rings. The van der Waals surface area contributed by atoms with E-state index in [1.807, 2.05) is 35.9 Å². The molecule has 3 N–H and O–H groups in total. The van der Waals surface area contributed by atoms with E-state index in [2.05, 4.69) is 92.5 Å². The third-order valence-corrected chi connectivity index (χ3v) is 7.43. The van der Waals surface area contributed by atoms with Crippen molar-refractivity contribution in [2.75, 3.05) is 17.2 Å². The van der Waals surface area contributed by atoms with Gasteiger partial charge in [-0.3, -0.25) is 4.79 Å². The Kier molecular flexibility index (Phi) is 9.28. The van der Waals surface area contributed by atoms with Crippen molar-refractivity contribution in [3.05, 3.63) is 101 Å². The lowest BCUT2D eigenvalue weighted by Gasteiger charge is -2.22. The molecule has 4 rings (SSSR count). The van der Waals surface area contributed by atoms with Gasteiger partial charge in [0.1, 0.15) is 11.7 Å². The lowest BCUT2D eigenvalue weighted by Crippen LogP contribution is -2.28. The van der Waals surface area contributed by atoms with Crippen LogP contribution >= 0.6 is 0 Å². The molecular formula is C34H44N6O. The fourth-order valence-corrected chi connectivity index (χ4v) is 5.03. The van der Waals surface area contributed by atoms with Gasteiger partial charge in [-0.15, -0.1) is 0 Å². The van der Waals surface area contributed by atoms with Crippen LogP contribution in [0.1, 0.15) is 80.2 Å². The first kappa shape index (κ1) is 30.0. The molecule has 3 aromatic rings. The van der Waals surface area contributed by atoms with E-state index in [-0.39, 0.29) is 17.0 Å². The number of carbonyl (C=O) groups excluding carboxylic acids is 1. The predicted molar refractivity (Wildman–Crippen MR) is 171 cm³/mol. The number of aliphatic imine (C=N–C) groups is 1. The summed E-state index contributed by atoms with van der Waals surface area (Å²) < 4.78 is 2.00. The highest BCUT2D eigenvalue weighted by molar-refractivity contribution is 6.04. The first-order valence-electron chi connectivity index (χ1n) is 14.5. The molecule has 1 aliphatic carbocycles. The monoisotopic (exact) mass is 552 g/mol. The van der Waals surface area contributed by atoms with Crippen LogP contribution < -0.4 is 16.0 Å². The summed E-state index contributed by atoms with van der Waals surface area (Å²) >= 11 is 0. The fourth-order valence-electron chi connectivity index (χ4n) is 5.03. The second kappa shape index (κ2) is 12.7. The van der Waals surface area contributed by atoms with Gasteiger partial charge in [0.15, 0.2) is 0 Å². The zero-order valence-corrected chi connectivity index (χ0v) is 25.3. The quantitative estimate of drug-likeness (QED) is 0.175. The van der Waals surface area contributed by atoms with E-state index in [0.29, 0.717) is 11.4 Å². The summed E-state index contributed by atoms with van der Waals surface area (Å²) in [6.07, 6.45) is 9.17. The smallest absolute Gasteiger partial charge is 0.255 e. The average Bonchev–Trinajstić information content (AvgIpc) is 3.61. The summed E-state index contributed by atoms with van der Waals surface area (Å²) in [7, 11) is 0. The van der Waals surface area contributed by atoms with Crippen LogP contribution in [-0.4, -0.2) is 28.1 Å². The van der Waals surface area contributed by atoms with Gasteiger partial charge >= 0.3 is 0 Å². The third kappa shape index (κ3) is 7.41. The van der Waals surface area contributed by atoms with Gasteiger partial charge in [0.05, 0.1) is 11.2 Å². The average molecular weight is 553 g/mol. The summed E-state index contributed by atoms with van der Waals surface area (Å²) in [5.41, 5.74) is 5.95. The SMILES string of the molecule is C=CC(=N/C=C\C)Nc1cc(CCc2cc(NC(=O)c3ccc(C4(NCC)CC4)cc3)ccc2C)nn1C(C)(C)C. The standard InChI is InChI=1S/C34H44N6O/c1-8-21-35-30(9-2)38-31-23-29(39-40(31)33(5,6)7)18-14-26-22-28(17-11-24(26)4)37-32(41)25-12-15-27(16-13-25)34(19-20-34)36-10-3/h8-9,11-13,15-17,21-23,36H,2,10,14,18-20H2,1,3-7H3,(H,35,38)(H,37,41)/b21-8-. The molecule has 1 saturated carbocycles. The Morgan fingerprint density at radius 3 is 2.44 bits per heavy atom. The van der Waals surface area contributed by atoms with E-state index < -0.39 is 0 Å². The number of nitrogens with one attached hydrogen (secondary N) is 3. The van der Waals surface area contributed by atoms with Crippen LogP contribution in [-0.2, 0) is 23.9 Å². The predicted octanol–water partition coefficient (Wildman–Crippen LogP) is 7.11. The van der Waals surface area contributed by atoms with E-state index >= 15 is 0 Å². The maximum absolute atomic E-state index is 13.0. The second-order valence-electron chi connectivity index (χ2n) is 11.7. The Labute approximate surface area is 244 Å². The summed E-state index contributed by atoms with van der Waals surface area (Å²) in [4.78, 5) is 17.4. The molecule has 0 radical (unpaired) electrons. The number of hydrogen-bond acceptors (Lipinski definition) is 4. The molecule has 1 heterocycles. The number of benzene rings is 2. The van der Waals surface area contributed by atoms with Gasteiger partial charge in [0, 0.05) is 29.1 Å². The largest absolute Gasteiger partial charge is 0.325 e. The molecule has 2 aromatic carbocycles. The first-order chi connectivity index (χ1) is 19.6. The van der Waals surface area contributed by atoms with Gasteiger partial charge < -0.3 is 16.0 Å². The molecule has 0 aliphatic heterocycles. The molecule has 216 valence electrons. The highest BCUT2D eigenvalue weighted by Crippen LogP contribution is 2.45. The Balaban J connectivity index is 1.45. The van der Waals surface area contributed by atoms with Crippen molar-refractivity contribution in [1.82, 2.24) is 15.1 Å². The summed E-state index contributed by atoms with van der Waals surface area (Å²) in [6, 6.07) is 16.2. The molecule has 0 spiro atoms. The normalized spacial score (nSPS) is 14.7. The first-order valence-corrected chi connectivity index (χ1v) is 14.5. The molecular weight excluding hydrogens is 508 g/mol. The van der Waals surface area contributed by atoms with Crippen LogP contribution in [0.15, 0.2) is 78.5 Å². The molecule has 7 heteroatoms. The molecule has 0 saturated heterocycles. The van der Waals surface area contributed by atoms with E-state index in [9.17, 15) is 4.79 Å². The number of aromatic nitrogens is 2. The van der Waals surface area contributed by atoms with E-state index in [0.717, 1.165) is 49.4 Å². The van der Waals surface area contributed by atoms with E-state index in [1.165, 1.54) is 16.7 Å². The number of amidine groups is 1. The number of carbonyl (C=O) groups is 1.